The van der Waals surface area contributed by atoms with Gasteiger partial charge in [0.2, 0.25) is 6.29 Å². The molecule has 0 aliphatic heterocycles. The summed E-state index contributed by atoms with van der Waals surface area (Å²) in [4.78, 5) is 23.0. The van der Waals surface area contributed by atoms with Gasteiger partial charge in [0.1, 0.15) is 6.10 Å². The van der Waals surface area contributed by atoms with E-state index in [2.05, 4.69) is 6.92 Å². The van der Waals surface area contributed by atoms with Gasteiger partial charge in [-0.15, -0.1) is 0 Å². The van der Waals surface area contributed by atoms with Gasteiger partial charge in [0.05, 0.1) is 0 Å². The molecule has 1 fully saturated rings. The number of hydrogen-bond donors (Lipinski definition) is 0. The standard InChI is InChI=1S/C15H26O5/c1-3-4-6-11-14(16)18-12(2)19-15(17)20-13-9-7-5-8-10-13/h12-13H,3-11H2,1-2H3. The molecule has 20 heavy (non-hydrogen) atoms. The molecule has 0 spiro atoms. The van der Waals surface area contributed by atoms with Crippen molar-refractivity contribution < 1.29 is 23.8 Å². The molecule has 1 aliphatic rings. The summed E-state index contributed by atoms with van der Waals surface area (Å²) in [6, 6.07) is 0. The fraction of sp³-hybridized carbons (Fsp3) is 0.867. The quantitative estimate of drug-likeness (QED) is 0.403. The Morgan fingerprint density at radius 3 is 2.45 bits per heavy atom. The van der Waals surface area contributed by atoms with E-state index in [-0.39, 0.29) is 12.1 Å². The number of ether oxygens (including phenoxy) is 3. The van der Waals surface area contributed by atoms with Crippen molar-refractivity contribution >= 4 is 12.1 Å². The number of hydrogen-bond acceptors (Lipinski definition) is 5. The van der Waals surface area contributed by atoms with Crippen LogP contribution in [-0.2, 0) is 19.0 Å². The van der Waals surface area contributed by atoms with Crippen molar-refractivity contribution in [3.8, 4) is 0 Å². The first-order valence-electron chi connectivity index (χ1n) is 7.68. The van der Waals surface area contributed by atoms with E-state index >= 15 is 0 Å². The van der Waals surface area contributed by atoms with Crippen LogP contribution >= 0.6 is 0 Å². The van der Waals surface area contributed by atoms with Crippen LogP contribution in [0.3, 0.4) is 0 Å². The maximum Gasteiger partial charge on any atom is 0.511 e. The molecule has 0 saturated heterocycles. The number of rotatable bonds is 7. The summed E-state index contributed by atoms with van der Waals surface area (Å²) in [7, 11) is 0. The molecule has 0 aromatic heterocycles. The Morgan fingerprint density at radius 1 is 1.10 bits per heavy atom. The predicted molar refractivity (Wildman–Crippen MR) is 74.1 cm³/mol. The van der Waals surface area contributed by atoms with E-state index in [0.29, 0.717) is 6.42 Å². The van der Waals surface area contributed by atoms with Crippen LogP contribution in [0.25, 0.3) is 0 Å². The maximum atomic E-state index is 11.5. The minimum absolute atomic E-state index is 0.0521. The molecule has 0 aromatic carbocycles. The summed E-state index contributed by atoms with van der Waals surface area (Å²) >= 11 is 0. The smallest absolute Gasteiger partial charge is 0.431 e. The molecular weight excluding hydrogens is 260 g/mol. The first kappa shape index (κ1) is 16.8. The third kappa shape index (κ3) is 7.36. The second-order valence-corrected chi connectivity index (χ2v) is 5.26. The molecule has 0 radical (unpaired) electrons. The first-order valence-corrected chi connectivity index (χ1v) is 7.68. The van der Waals surface area contributed by atoms with Gasteiger partial charge in [-0.05, 0) is 32.1 Å². The third-order valence-corrected chi connectivity index (χ3v) is 3.36. The van der Waals surface area contributed by atoms with Crippen LogP contribution in [0.4, 0.5) is 4.79 Å². The van der Waals surface area contributed by atoms with Crippen LogP contribution in [0.1, 0.15) is 71.6 Å². The number of unbranched alkanes of at least 4 members (excludes halogenated alkanes) is 2. The highest BCUT2D eigenvalue weighted by Crippen LogP contribution is 2.20. The molecule has 0 aromatic rings. The van der Waals surface area contributed by atoms with Crippen molar-refractivity contribution in [3.05, 3.63) is 0 Å². The molecule has 0 N–H and O–H groups in total. The van der Waals surface area contributed by atoms with Crippen LogP contribution in [0.15, 0.2) is 0 Å². The average molecular weight is 286 g/mol. The minimum atomic E-state index is -0.889. The van der Waals surface area contributed by atoms with Crippen molar-refractivity contribution in [2.45, 2.75) is 84.0 Å². The number of carbonyl (C=O) groups is 2. The number of esters is 1. The Hall–Kier alpha value is -1.26. The van der Waals surface area contributed by atoms with Crippen LogP contribution in [0.2, 0.25) is 0 Å². The zero-order valence-electron chi connectivity index (χ0n) is 12.6. The Kier molecular flexibility index (Phi) is 8.07. The van der Waals surface area contributed by atoms with Crippen molar-refractivity contribution in [3.63, 3.8) is 0 Å². The molecule has 1 saturated carbocycles. The van der Waals surface area contributed by atoms with Gasteiger partial charge >= 0.3 is 12.1 Å². The molecule has 0 heterocycles. The SMILES string of the molecule is CCCCCC(=O)OC(C)OC(=O)OC1CCCCC1. The number of carbonyl (C=O) groups excluding carboxylic acids is 2. The topological polar surface area (TPSA) is 61.8 Å². The van der Waals surface area contributed by atoms with Gasteiger partial charge < -0.3 is 14.2 Å². The van der Waals surface area contributed by atoms with E-state index < -0.39 is 12.4 Å². The van der Waals surface area contributed by atoms with Gasteiger partial charge in [0.15, 0.2) is 0 Å². The summed E-state index contributed by atoms with van der Waals surface area (Å²) in [5, 5.41) is 0. The third-order valence-electron chi connectivity index (χ3n) is 3.36. The van der Waals surface area contributed by atoms with Crippen molar-refractivity contribution in [2.75, 3.05) is 0 Å². The highest BCUT2D eigenvalue weighted by atomic mass is 16.8. The monoisotopic (exact) mass is 286 g/mol. The van der Waals surface area contributed by atoms with Crippen LogP contribution in [0.5, 0.6) is 0 Å². The van der Waals surface area contributed by atoms with Crippen molar-refractivity contribution in [1.82, 2.24) is 0 Å². The van der Waals surface area contributed by atoms with E-state index in [1.54, 1.807) is 0 Å². The van der Waals surface area contributed by atoms with E-state index in [0.717, 1.165) is 44.9 Å². The van der Waals surface area contributed by atoms with Gasteiger partial charge in [0.25, 0.3) is 0 Å². The summed E-state index contributed by atoms with van der Waals surface area (Å²) in [5.74, 6) is -0.337. The molecule has 5 nitrogen and oxygen atoms in total. The van der Waals surface area contributed by atoms with Gasteiger partial charge in [-0.3, -0.25) is 4.79 Å². The van der Waals surface area contributed by atoms with Gasteiger partial charge in [0, 0.05) is 13.3 Å². The van der Waals surface area contributed by atoms with Crippen LogP contribution in [-0.4, -0.2) is 24.5 Å². The Balaban J connectivity index is 2.15. The van der Waals surface area contributed by atoms with Crippen LogP contribution < -0.4 is 0 Å². The molecule has 5 heteroatoms. The van der Waals surface area contributed by atoms with Crippen molar-refractivity contribution in [2.24, 2.45) is 0 Å². The van der Waals surface area contributed by atoms with Crippen LogP contribution in [0, 0.1) is 0 Å². The minimum Gasteiger partial charge on any atom is -0.431 e. The Bertz CT molecular complexity index is 297. The lowest BCUT2D eigenvalue weighted by molar-refractivity contribution is -0.169. The van der Waals surface area contributed by atoms with Gasteiger partial charge in [-0.1, -0.05) is 26.2 Å². The van der Waals surface area contributed by atoms with E-state index in [1.165, 1.54) is 13.3 Å². The van der Waals surface area contributed by atoms with E-state index in [1.807, 2.05) is 0 Å². The molecule has 1 aliphatic carbocycles. The second-order valence-electron chi connectivity index (χ2n) is 5.26. The maximum absolute atomic E-state index is 11.5. The van der Waals surface area contributed by atoms with Gasteiger partial charge in [-0.25, -0.2) is 4.79 Å². The van der Waals surface area contributed by atoms with E-state index in [9.17, 15) is 9.59 Å². The highest BCUT2D eigenvalue weighted by Gasteiger charge is 2.21. The molecule has 116 valence electrons. The molecule has 0 amide bonds. The summed E-state index contributed by atoms with van der Waals surface area (Å²) in [6.07, 6.45) is 6.66. The second kappa shape index (κ2) is 9.61. The van der Waals surface area contributed by atoms with E-state index in [4.69, 9.17) is 14.2 Å². The molecule has 1 rings (SSSR count). The summed E-state index contributed by atoms with van der Waals surface area (Å²) in [5.41, 5.74) is 0. The molecular formula is C15H26O5. The fourth-order valence-corrected chi connectivity index (χ4v) is 2.27. The lowest BCUT2D eigenvalue weighted by atomic mass is 9.98. The van der Waals surface area contributed by atoms with Gasteiger partial charge in [-0.2, -0.15) is 0 Å². The Morgan fingerprint density at radius 2 is 1.80 bits per heavy atom. The lowest BCUT2D eigenvalue weighted by Crippen LogP contribution is -2.26. The molecule has 1 unspecified atom stereocenters. The Labute approximate surface area is 121 Å². The zero-order valence-corrected chi connectivity index (χ0v) is 12.6. The highest BCUT2D eigenvalue weighted by molar-refractivity contribution is 5.69. The average Bonchev–Trinajstić information content (AvgIpc) is 2.39. The largest absolute Gasteiger partial charge is 0.511 e. The summed E-state index contributed by atoms with van der Waals surface area (Å²) in [6.45, 7) is 3.60. The lowest BCUT2D eigenvalue weighted by Gasteiger charge is -2.22. The van der Waals surface area contributed by atoms with Crippen molar-refractivity contribution in [1.29, 1.82) is 0 Å². The molecule has 1 atom stereocenters. The zero-order chi connectivity index (χ0) is 14.8. The fourth-order valence-electron chi connectivity index (χ4n) is 2.27. The first-order chi connectivity index (χ1) is 9.61. The summed E-state index contributed by atoms with van der Waals surface area (Å²) < 4.78 is 15.1. The molecule has 0 bridgehead atoms. The predicted octanol–water partition coefficient (Wildman–Crippen LogP) is 3.94. The normalized spacial score (nSPS) is 17.3.